The first kappa shape index (κ1) is 12.8. The molecule has 0 aromatic heterocycles. The third-order valence-corrected chi connectivity index (χ3v) is 1.69. The molecule has 0 saturated heterocycles. The Kier molecular flexibility index (Phi) is 7.71. The molecule has 0 saturated carbocycles. The normalized spacial score (nSPS) is 11.3. The van der Waals surface area contributed by atoms with Crippen molar-refractivity contribution < 1.29 is 9.59 Å². The molecular formula is C12H18O2. The van der Waals surface area contributed by atoms with Gasteiger partial charge >= 0.3 is 0 Å². The minimum Gasteiger partial charge on any atom is -0.295 e. The molecule has 78 valence electrons. The van der Waals surface area contributed by atoms with Gasteiger partial charge in [0.1, 0.15) is 0 Å². The lowest BCUT2D eigenvalue weighted by atomic mass is 10.1. The number of allylic oxidation sites excluding steroid dienone is 4. The smallest absolute Gasteiger partial charge is 0.155 e. The second-order valence-electron chi connectivity index (χ2n) is 3.18. The molecule has 0 aliphatic heterocycles. The number of hydrogen-bond donors (Lipinski definition) is 0. The maximum absolute atomic E-state index is 11.1. The van der Waals surface area contributed by atoms with E-state index in [9.17, 15) is 9.59 Å². The Morgan fingerprint density at radius 3 is 2.43 bits per heavy atom. The van der Waals surface area contributed by atoms with Gasteiger partial charge < -0.3 is 0 Å². The van der Waals surface area contributed by atoms with E-state index in [0.717, 1.165) is 19.3 Å². The highest BCUT2D eigenvalue weighted by Gasteiger charge is 1.94. The summed E-state index contributed by atoms with van der Waals surface area (Å²) in [6.45, 7) is 3.52. The van der Waals surface area contributed by atoms with Crippen LogP contribution >= 0.6 is 0 Å². The lowest BCUT2D eigenvalue weighted by Gasteiger charge is -1.92. The van der Waals surface area contributed by atoms with Crippen LogP contribution in [0.5, 0.6) is 0 Å². The van der Waals surface area contributed by atoms with Gasteiger partial charge in [-0.1, -0.05) is 19.1 Å². The molecule has 0 aliphatic rings. The standard InChI is InChI=1S/C12H18O2/c1-3-4-9-12(14)10-7-5-6-8-11(2)13/h4,6,8-9H,3,5,7,10H2,1-2H3. The molecular weight excluding hydrogens is 176 g/mol. The molecule has 2 heteroatoms. The van der Waals surface area contributed by atoms with Crippen LogP contribution in [0.25, 0.3) is 0 Å². The summed E-state index contributed by atoms with van der Waals surface area (Å²) in [6, 6.07) is 0. The fourth-order valence-electron chi connectivity index (χ4n) is 0.976. The van der Waals surface area contributed by atoms with Crippen molar-refractivity contribution in [1.29, 1.82) is 0 Å². The zero-order valence-electron chi connectivity index (χ0n) is 8.95. The Morgan fingerprint density at radius 1 is 1.14 bits per heavy atom. The number of ketones is 2. The fraction of sp³-hybridized carbons (Fsp3) is 0.500. The van der Waals surface area contributed by atoms with Crippen LogP contribution in [0.3, 0.4) is 0 Å². The summed E-state index contributed by atoms with van der Waals surface area (Å²) in [5.41, 5.74) is 0. The second-order valence-corrected chi connectivity index (χ2v) is 3.18. The average molecular weight is 194 g/mol. The van der Waals surface area contributed by atoms with Crippen molar-refractivity contribution >= 4 is 11.6 Å². The predicted octanol–water partition coefficient (Wildman–Crippen LogP) is 2.84. The maximum Gasteiger partial charge on any atom is 0.155 e. The van der Waals surface area contributed by atoms with Gasteiger partial charge in [0.25, 0.3) is 0 Å². The first-order chi connectivity index (χ1) is 6.66. The number of carbonyl (C=O) groups is 2. The fourth-order valence-corrected chi connectivity index (χ4v) is 0.976. The molecule has 14 heavy (non-hydrogen) atoms. The van der Waals surface area contributed by atoms with Crippen LogP contribution in [0.15, 0.2) is 24.3 Å². The van der Waals surface area contributed by atoms with Crippen molar-refractivity contribution in [2.75, 3.05) is 0 Å². The molecule has 0 atom stereocenters. The Bertz CT molecular complexity index is 237. The van der Waals surface area contributed by atoms with E-state index < -0.39 is 0 Å². The van der Waals surface area contributed by atoms with Crippen molar-refractivity contribution in [3.8, 4) is 0 Å². The van der Waals surface area contributed by atoms with Gasteiger partial charge in [-0.15, -0.1) is 0 Å². The van der Waals surface area contributed by atoms with Gasteiger partial charge in [-0.25, -0.2) is 0 Å². The molecule has 0 N–H and O–H groups in total. The van der Waals surface area contributed by atoms with Crippen LogP contribution in [0.1, 0.15) is 39.5 Å². The highest BCUT2D eigenvalue weighted by atomic mass is 16.1. The molecule has 0 unspecified atom stereocenters. The largest absolute Gasteiger partial charge is 0.295 e. The third kappa shape index (κ3) is 8.91. The van der Waals surface area contributed by atoms with Gasteiger partial charge in [0, 0.05) is 6.42 Å². The summed E-state index contributed by atoms with van der Waals surface area (Å²) in [5, 5.41) is 0. The highest BCUT2D eigenvalue weighted by molar-refractivity contribution is 5.89. The van der Waals surface area contributed by atoms with E-state index in [0.29, 0.717) is 6.42 Å². The Labute approximate surface area is 85.7 Å². The summed E-state index contributed by atoms with van der Waals surface area (Å²) in [4.78, 5) is 21.6. The van der Waals surface area contributed by atoms with Crippen LogP contribution in [-0.4, -0.2) is 11.6 Å². The van der Waals surface area contributed by atoms with Crippen molar-refractivity contribution in [3.05, 3.63) is 24.3 Å². The van der Waals surface area contributed by atoms with Crippen molar-refractivity contribution in [3.63, 3.8) is 0 Å². The van der Waals surface area contributed by atoms with E-state index in [1.165, 1.54) is 6.92 Å². The molecule has 0 bridgehead atoms. The zero-order valence-corrected chi connectivity index (χ0v) is 8.95. The summed E-state index contributed by atoms with van der Waals surface area (Å²) >= 11 is 0. The molecule has 0 rings (SSSR count). The van der Waals surface area contributed by atoms with Gasteiger partial charge in [-0.2, -0.15) is 0 Å². The minimum atomic E-state index is 0.0576. The molecule has 0 aromatic rings. The number of rotatable bonds is 7. The van der Waals surface area contributed by atoms with E-state index >= 15 is 0 Å². The Hall–Kier alpha value is -1.18. The van der Waals surface area contributed by atoms with Gasteiger partial charge in [-0.3, -0.25) is 9.59 Å². The Balaban J connectivity index is 3.50. The topological polar surface area (TPSA) is 34.1 Å². The summed E-state index contributed by atoms with van der Waals surface area (Å²) in [7, 11) is 0. The van der Waals surface area contributed by atoms with Crippen LogP contribution < -0.4 is 0 Å². The van der Waals surface area contributed by atoms with Gasteiger partial charge in [0.05, 0.1) is 0 Å². The van der Waals surface area contributed by atoms with Crippen LogP contribution in [-0.2, 0) is 9.59 Å². The first-order valence-electron chi connectivity index (χ1n) is 5.03. The lowest BCUT2D eigenvalue weighted by molar-refractivity contribution is -0.114. The van der Waals surface area contributed by atoms with Gasteiger partial charge in [-0.05, 0) is 38.3 Å². The van der Waals surface area contributed by atoms with E-state index in [-0.39, 0.29) is 11.6 Å². The van der Waals surface area contributed by atoms with Crippen molar-refractivity contribution in [2.24, 2.45) is 0 Å². The molecule has 0 amide bonds. The monoisotopic (exact) mass is 194 g/mol. The summed E-state index contributed by atoms with van der Waals surface area (Å²) in [6.07, 6.45) is 9.95. The molecule has 0 radical (unpaired) electrons. The number of carbonyl (C=O) groups excluding carboxylic acids is 2. The highest BCUT2D eigenvalue weighted by Crippen LogP contribution is 1.99. The van der Waals surface area contributed by atoms with Crippen LogP contribution in [0.2, 0.25) is 0 Å². The lowest BCUT2D eigenvalue weighted by Crippen LogP contribution is -1.91. The molecule has 0 aliphatic carbocycles. The van der Waals surface area contributed by atoms with Gasteiger partial charge in [0.15, 0.2) is 11.6 Å². The average Bonchev–Trinajstić information content (AvgIpc) is 2.13. The van der Waals surface area contributed by atoms with E-state index in [1.807, 2.05) is 19.1 Å². The van der Waals surface area contributed by atoms with Crippen LogP contribution in [0, 0.1) is 0 Å². The number of unbranched alkanes of at least 4 members (excludes halogenated alkanes) is 1. The maximum atomic E-state index is 11.1. The summed E-state index contributed by atoms with van der Waals surface area (Å²) in [5.74, 6) is 0.227. The SMILES string of the molecule is CCC=CC(=O)CCCC=CC(C)=O. The quantitative estimate of drug-likeness (QED) is 0.461. The molecule has 2 nitrogen and oxygen atoms in total. The van der Waals surface area contributed by atoms with E-state index in [1.54, 1.807) is 12.2 Å². The van der Waals surface area contributed by atoms with Gasteiger partial charge in [0.2, 0.25) is 0 Å². The van der Waals surface area contributed by atoms with Crippen molar-refractivity contribution in [1.82, 2.24) is 0 Å². The second kappa shape index (κ2) is 8.42. The van der Waals surface area contributed by atoms with E-state index in [2.05, 4.69) is 0 Å². The van der Waals surface area contributed by atoms with E-state index in [4.69, 9.17) is 0 Å². The van der Waals surface area contributed by atoms with Crippen LogP contribution in [0.4, 0.5) is 0 Å². The molecule has 0 spiro atoms. The summed E-state index contributed by atoms with van der Waals surface area (Å²) < 4.78 is 0. The number of hydrogen-bond acceptors (Lipinski definition) is 2. The minimum absolute atomic E-state index is 0.0576. The third-order valence-electron chi connectivity index (χ3n) is 1.69. The molecule has 0 heterocycles. The zero-order chi connectivity index (χ0) is 10.8. The molecule has 0 fully saturated rings. The van der Waals surface area contributed by atoms with Crippen molar-refractivity contribution in [2.45, 2.75) is 39.5 Å². The Morgan fingerprint density at radius 2 is 1.86 bits per heavy atom. The predicted molar refractivity (Wildman–Crippen MR) is 58.1 cm³/mol. The molecule has 0 aromatic carbocycles. The first-order valence-corrected chi connectivity index (χ1v) is 5.03.